The molecular formula is C13H18FNO2. The van der Waals surface area contributed by atoms with E-state index in [4.69, 9.17) is 9.84 Å². The summed E-state index contributed by atoms with van der Waals surface area (Å²) in [6, 6.07) is 5.24. The number of aliphatic hydroxyl groups is 1. The zero-order chi connectivity index (χ0) is 12.3. The minimum absolute atomic E-state index is 0.180. The molecular weight excluding hydrogens is 221 g/mol. The predicted octanol–water partition coefficient (Wildman–Crippen LogP) is 1.84. The fourth-order valence-corrected chi connectivity index (χ4v) is 1.57. The normalized spacial score (nSPS) is 16.9. The lowest BCUT2D eigenvalue weighted by Gasteiger charge is -2.10. The number of rotatable bonds is 6. The summed E-state index contributed by atoms with van der Waals surface area (Å²) in [7, 11) is 0. The Morgan fingerprint density at radius 2 is 2.24 bits per heavy atom. The summed E-state index contributed by atoms with van der Waals surface area (Å²) in [5.41, 5.74) is 0.873. The highest BCUT2D eigenvalue weighted by Crippen LogP contribution is 2.21. The number of hydrogen-bond acceptors (Lipinski definition) is 3. The highest BCUT2D eigenvalue weighted by molar-refractivity contribution is 5.29. The zero-order valence-corrected chi connectivity index (χ0v) is 9.95. The summed E-state index contributed by atoms with van der Waals surface area (Å²) in [5.74, 6) is 0.166. The van der Waals surface area contributed by atoms with E-state index in [9.17, 15) is 4.39 Å². The van der Waals surface area contributed by atoms with Crippen molar-refractivity contribution >= 4 is 0 Å². The minimum Gasteiger partial charge on any atom is -0.491 e. The van der Waals surface area contributed by atoms with Crippen molar-refractivity contribution < 1.29 is 14.2 Å². The van der Waals surface area contributed by atoms with Crippen molar-refractivity contribution in [3.05, 3.63) is 29.6 Å². The fraction of sp³-hybridized carbons (Fsp3) is 0.538. The van der Waals surface area contributed by atoms with E-state index in [2.05, 4.69) is 5.32 Å². The van der Waals surface area contributed by atoms with Gasteiger partial charge in [0.2, 0.25) is 0 Å². The van der Waals surface area contributed by atoms with Crippen LogP contribution in [0.15, 0.2) is 18.2 Å². The van der Waals surface area contributed by atoms with Gasteiger partial charge in [0.25, 0.3) is 0 Å². The average Bonchev–Trinajstić information content (AvgIpc) is 3.07. The highest BCUT2D eigenvalue weighted by Gasteiger charge is 2.20. The van der Waals surface area contributed by atoms with Crippen LogP contribution >= 0.6 is 0 Å². The number of ether oxygens (including phenoxy) is 1. The molecule has 1 aliphatic rings. The van der Waals surface area contributed by atoms with Crippen LogP contribution < -0.4 is 10.1 Å². The van der Waals surface area contributed by atoms with Crippen molar-refractivity contribution in [2.75, 3.05) is 6.61 Å². The van der Waals surface area contributed by atoms with Gasteiger partial charge >= 0.3 is 0 Å². The number of hydrogen-bond donors (Lipinski definition) is 2. The topological polar surface area (TPSA) is 41.5 Å². The molecule has 0 bridgehead atoms. The molecule has 4 heteroatoms. The van der Waals surface area contributed by atoms with Gasteiger partial charge < -0.3 is 15.2 Å². The lowest BCUT2D eigenvalue weighted by molar-refractivity contribution is 0.122. The molecule has 1 aliphatic carbocycles. The highest BCUT2D eigenvalue weighted by atomic mass is 19.1. The molecule has 94 valence electrons. The first-order chi connectivity index (χ1) is 8.13. The zero-order valence-electron chi connectivity index (χ0n) is 9.95. The van der Waals surface area contributed by atoms with Gasteiger partial charge in [-0.15, -0.1) is 0 Å². The Kier molecular flexibility index (Phi) is 3.97. The van der Waals surface area contributed by atoms with Crippen LogP contribution in [0.2, 0.25) is 0 Å². The third-order valence-corrected chi connectivity index (χ3v) is 2.59. The van der Waals surface area contributed by atoms with Crippen LogP contribution in [0.4, 0.5) is 4.39 Å². The first kappa shape index (κ1) is 12.3. The maximum atomic E-state index is 13.3. The van der Waals surface area contributed by atoms with Crippen molar-refractivity contribution in [3.8, 4) is 5.75 Å². The SMILES string of the molecule is CC(O)COc1cc(F)cc(CNC2CC2)c1. The van der Waals surface area contributed by atoms with Crippen molar-refractivity contribution in [1.29, 1.82) is 0 Å². The van der Waals surface area contributed by atoms with Crippen LogP contribution in [0.5, 0.6) is 5.75 Å². The lowest BCUT2D eigenvalue weighted by Crippen LogP contribution is -2.16. The third-order valence-electron chi connectivity index (χ3n) is 2.59. The smallest absolute Gasteiger partial charge is 0.127 e. The second-order valence-electron chi connectivity index (χ2n) is 4.61. The van der Waals surface area contributed by atoms with Crippen LogP contribution in [0.3, 0.4) is 0 Å². The van der Waals surface area contributed by atoms with Crippen molar-refractivity contribution in [2.24, 2.45) is 0 Å². The van der Waals surface area contributed by atoms with Gasteiger partial charge in [0.1, 0.15) is 18.2 Å². The van der Waals surface area contributed by atoms with Crippen LogP contribution in [0.1, 0.15) is 25.3 Å². The quantitative estimate of drug-likeness (QED) is 0.796. The Morgan fingerprint density at radius 1 is 1.47 bits per heavy atom. The molecule has 0 aliphatic heterocycles. The van der Waals surface area contributed by atoms with E-state index in [1.165, 1.54) is 25.0 Å². The van der Waals surface area contributed by atoms with E-state index in [0.717, 1.165) is 5.56 Å². The lowest BCUT2D eigenvalue weighted by atomic mass is 10.2. The van der Waals surface area contributed by atoms with E-state index in [0.29, 0.717) is 18.3 Å². The molecule has 2 N–H and O–H groups in total. The second kappa shape index (κ2) is 5.47. The molecule has 1 unspecified atom stereocenters. The molecule has 0 amide bonds. The molecule has 1 aromatic rings. The first-order valence-corrected chi connectivity index (χ1v) is 5.97. The second-order valence-corrected chi connectivity index (χ2v) is 4.61. The van der Waals surface area contributed by atoms with Gasteiger partial charge in [0, 0.05) is 18.7 Å². The molecule has 17 heavy (non-hydrogen) atoms. The van der Waals surface area contributed by atoms with Crippen LogP contribution in [0, 0.1) is 5.82 Å². The molecule has 0 aromatic heterocycles. The van der Waals surface area contributed by atoms with Gasteiger partial charge in [0.05, 0.1) is 6.10 Å². The molecule has 1 fully saturated rings. The molecule has 1 saturated carbocycles. The molecule has 1 aromatic carbocycles. The van der Waals surface area contributed by atoms with Crippen LogP contribution in [-0.2, 0) is 6.54 Å². The summed E-state index contributed by atoms with van der Waals surface area (Å²) >= 11 is 0. The number of aliphatic hydroxyl groups excluding tert-OH is 1. The van der Waals surface area contributed by atoms with Crippen molar-refractivity contribution in [3.63, 3.8) is 0 Å². The molecule has 0 heterocycles. The Bertz CT molecular complexity index is 353. The fourth-order valence-electron chi connectivity index (χ4n) is 1.57. The summed E-state index contributed by atoms with van der Waals surface area (Å²) in [6.45, 7) is 2.47. The summed E-state index contributed by atoms with van der Waals surface area (Å²) in [4.78, 5) is 0. The van der Waals surface area contributed by atoms with Gasteiger partial charge in [-0.25, -0.2) is 4.39 Å². The molecule has 3 nitrogen and oxygen atoms in total. The maximum Gasteiger partial charge on any atom is 0.127 e. The standard InChI is InChI=1S/C13H18FNO2/c1-9(16)8-17-13-5-10(4-11(14)6-13)7-15-12-2-3-12/h4-6,9,12,15-16H,2-3,7-8H2,1H3. The van der Waals surface area contributed by atoms with E-state index in [-0.39, 0.29) is 12.4 Å². The third kappa shape index (κ3) is 4.32. The molecule has 2 rings (SSSR count). The number of benzene rings is 1. The van der Waals surface area contributed by atoms with Gasteiger partial charge in [-0.3, -0.25) is 0 Å². The molecule has 1 atom stereocenters. The summed E-state index contributed by atoms with van der Waals surface area (Å²) in [6.07, 6.45) is 1.87. The van der Waals surface area contributed by atoms with Gasteiger partial charge in [-0.2, -0.15) is 0 Å². The Hall–Kier alpha value is -1.13. The Morgan fingerprint density at radius 3 is 2.88 bits per heavy atom. The molecule has 0 spiro atoms. The Labute approximate surface area is 101 Å². The van der Waals surface area contributed by atoms with Gasteiger partial charge in [0.15, 0.2) is 0 Å². The molecule has 0 radical (unpaired) electrons. The largest absolute Gasteiger partial charge is 0.491 e. The van der Waals surface area contributed by atoms with E-state index < -0.39 is 6.10 Å². The summed E-state index contributed by atoms with van der Waals surface area (Å²) in [5, 5.41) is 12.4. The average molecular weight is 239 g/mol. The van der Waals surface area contributed by atoms with E-state index in [1.807, 2.05) is 0 Å². The van der Waals surface area contributed by atoms with Crippen molar-refractivity contribution in [2.45, 2.75) is 38.5 Å². The van der Waals surface area contributed by atoms with Crippen molar-refractivity contribution in [1.82, 2.24) is 5.32 Å². The monoisotopic (exact) mass is 239 g/mol. The minimum atomic E-state index is -0.550. The number of halogens is 1. The van der Waals surface area contributed by atoms with E-state index >= 15 is 0 Å². The molecule has 0 saturated heterocycles. The Balaban J connectivity index is 1.94. The summed E-state index contributed by atoms with van der Waals surface area (Å²) < 4.78 is 18.6. The maximum absolute atomic E-state index is 13.3. The van der Waals surface area contributed by atoms with Crippen LogP contribution in [0.25, 0.3) is 0 Å². The van der Waals surface area contributed by atoms with Gasteiger partial charge in [-0.1, -0.05) is 0 Å². The van der Waals surface area contributed by atoms with Crippen LogP contribution in [-0.4, -0.2) is 23.9 Å². The van der Waals surface area contributed by atoms with Gasteiger partial charge in [-0.05, 0) is 37.5 Å². The number of nitrogens with one attached hydrogen (secondary N) is 1. The predicted molar refractivity (Wildman–Crippen MR) is 63.4 cm³/mol. The first-order valence-electron chi connectivity index (χ1n) is 5.97. The van der Waals surface area contributed by atoms with E-state index in [1.54, 1.807) is 13.0 Å².